The Labute approximate surface area is 423 Å². The molecule has 0 aliphatic carbocycles. The molecule has 0 radical (unpaired) electrons. The Hall–Kier alpha value is -2.11. The van der Waals surface area contributed by atoms with Crippen LogP contribution in [-0.2, 0) is 28.6 Å². The van der Waals surface area contributed by atoms with Gasteiger partial charge in [0.25, 0.3) is 0 Å². The van der Waals surface area contributed by atoms with Crippen molar-refractivity contribution < 1.29 is 28.6 Å². The highest BCUT2D eigenvalue weighted by Crippen LogP contribution is 2.17. The van der Waals surface area contributed by atoms with Crippen molar-refractivity contribution in [3.05, 3.63) is 24.3 Å². The second-order valence-corrected chi connectivity index (χ2v) is 20.6. The lowest BCUT2D eigenvalue weighted by Gasteiger charge is -2.18. The Balaban J connectivity index is 4.29. The van der Waals surface area contributed by atoms with E-state index in [9.17, 15) is 14.4 Å². The van der Waals surface area contributed by atoms with Gasteiger partial charge in [0, 0.05) is 19.3 Å². The van der Waals surface area contributed by atoms with Crippen molar-refractivity contribution in [2.45, 2.75) is 341 Å². The zero-order chi connectivity index (χ0) is 49.3. The quantitative estimate of drug-likeness (QED) is 0.0262. The van der Waals surface area contributed by atoms with Gasteiger partial charge in [0.2, 0.25) is 0 Å². The summed E-state index contributed by atoms with van der Waals surface area (Å²) in [6.07, 6.45) is 67.4. The van der Waals surface area contributed by atoms with E-state index in [-0.39, 0.29) is 31.1 Å². The Bertz CT molecular complexity index is 1100. The van der Waals surface area contributed by atoms with Crippen LogP contribution in [0.25, 0.3) is 0 Å². The van der Waals surface area contributed by atoms with Gasteiger partial charge in [0.05, 0.1) is 0 Å². The molecule has 68 heavy (non-hydrogen) atoms. The molecule has 0 bridgehead atoms. The third-order valence-corrected chi connectivity index (χ3v) is 13.7. The van der Waals surface area contributed by atoms with Crippen LogP contribution in [0.1, 0.15) is 335 Å². The second-order valence-electron chi connectivity index (χ2n) is 20.6. The maximum Gasteiger partial charge on any atom is 0.306 e. The van der Waals surface area contributed by atoms with Crippen molar-refractivity contribution in [1.29, 1.82) is 0 Å². The molecular formula is C62H116O6. The number of hydrogen-bond acceptors (Lipinski definition) is 6. The van der Waals surface area contributed by atoms with Gasteiger partial charge in [-0.15, -0.1) is 0 Å². The third kappa shape index (κ3) is 54.8. The molecule has 0 amide bonds. The molecule has 6 nitrogen and oxygen atoms in total. The molecule has 0 aliphatic rings. The lowest BCUT2D eigenvalue weighted by atomic mass is 10.0. The summed E-state index contributed by atoms with van der Waals surface area (Å²) in [6, 6.07) is 0. The Morgan fingerprint density at radius 2 is 0.529 bits per heavy atom. The minimum Gasteiger partial charge on any atom is -0.462 e. The molecule has 1 atom stereocenters. The van der Waals surface area contributed by atoms with Crippen LogP contribution in [-0.4, -0.2) is 37.2 Å². The van der Waals surface area contributed by atoms with Gasteiger partial charge in [-0.3, -0.25) is 14.4 Å². The van der Waals surface area contributed by atoms with Crippen LogP contribution in [0.15, 0.2) is 24.3 Å². The molecule has 0 fully saturated rings. The molecule has 0 saturated heterocycles. The van der Waals surface area contributed by atoms with E-state index in [1.54, 1.807) is 0 Å². The Kier molecular flexibility index (Phi) is 55.7. The average molecular weight is 958 g/mol. The number of ether oxygens (including phenoxy) is 3. The van der Waals surface area contributed by atoms with Gasteiger partial charge in [-0.1, -0.05) is 289 Å². The number of unbranched alkanes of at least 4 members (excludes halogenated alkanes) is 41. The number of carbonyl (C=O) groups is 3. The molecule has 400 valence electrons. The van der Waals surface area contributed by atoms with Crippen molar-refractivity contribution in [1.82, 2.24) is 0 Å². The van der Waals surface area contributed by atoms with Crippen LogP contribution >= 0.6 is 0 Å². The molecule has 0 heterocycles. The topological polar surface area (TPSA) is 78.9 Å². The molecule has 0 aliphatic heterocycles. The first-order chi connectivity index (χ1) is 33.5. The first-order valence-electron chi connectivity index (χ1n) is 30.3. The second kappa shape index (κ2) is 57.5. The van der Waals surface area contributed by atoms with Crippen molar-refractivity contribution in [2.24, 2.45) is 0 Å². The molecule has 0 aromatic rings. The summed E-state index contributed by atoms with van der Waals surface area (Å²) >= 11 is 0. The van der Waals surface area contributed by atoms with Crippen molar-refractivity contribution in [3.63, 3.8) is 0 Å². The fourth-order valence-electron chi connectivity index (χ4n) is 9.12. The smallest absolute Gasteiger partial charge is 0.306 e. The van der Waals surface area contributed by atoms with E-state index in [0.29, 0.717) is 19.3 Å². The SMILES string of the molecule is CCCCCCC/C=C\C/C=C\CCCCCCCCCCCC(=O)OCC(COC(=O)CCCCCCCCCCCCCCCC)OC(=O)CCCCCCCCCCCCCCCCC. The van der Waals surface area contributed by atoms with Gasteiger partial charge in [0.1, 0.15) is 13.2 Å². The lowest BCUT2D eigenvalue weighted by Crippen LogP contribution is -2.30. The summed E-state index contributed by atoms with van der Waals surface area (Å²) in [5.41, 5.74) is 0. The van der Waals surface area contributed by atoms with Crippen LogP contribution in [0.2, 0.25) is 0 Å². The van der Waals surface area contributed by atoms with Crippen LogP contribution in [0.5, 0.6) is 0 Å². The molecule has 0 N–H and O–H groups in total. The summed E-state index contributed by atoms with van der Waals surface area (Å²) in [5.74, 6) is -0.846. The van der Waals surface area contributed by atoms with E-state index < -0.39 is 6.10 Å². The zero-order valence-corrected chi connectivity index (χ0v) is 45.9. The maximum atomic E-state index is 12.9. The van der Waals surface area contributed by atoms with Gasteiger partial charge in [-0.05, 0) is 51.4 Å². The van der Waals surface area contributed by atoms with Gasteiger partial charge in [-0.2, -0.15) is 0 Å². The van der Waals surface area contributed by atoms with E-state index in [1.807, 2.05) is 0 Å². The van der Waals surface area contributed by atoms with Gasteiger partial charge in [-0.25, -0.2) is 0 Å². The van der Waals surface area contributed by atoms with E-state index >= 15 is 0 Å². The van der Waals surface area contributed by atoms with Crippen LogP contribution in [0.3, 0.4) is 0 Å². The van der Waals surface area contributed by atoms with E-state index in [0.717, 1.165) is 64.2 Å². The molecule has 0 saturated carbocycles. The normalized spacial score (nSPS) is 12.1. The highest BCUT2D eigenvalue weighted by Gasteiger charge is 2.19. The lowest BCUT2D eigenvalue weighted by molar-refractivity contribution is -0.167. The highest BCUT2D eigenvalue weighted by molar-refractivity contribution is 5.71. The minimum absolute atomic E-state index is 0.0665. The monoisotopic (exact) mass is 957 g/mol. The third-order valence-electron chi connectivity index (χ3n) is 13.7. The molecular weight excluding hydrogens is 841 g/mol. The van der Waals surface area contributed by atoms with Gasteiger partial charge < -0.3 is 14.2 Å². The molecule has 1 unspecified atom stereocenters. The number of allylic oxidation sites excluding steroid dienone is 4. The number of carbonyl (C=O) groups excluding carboxylic acids is 3. The molecule has 0 rings (SSSR count). The van der Waals surface area contributed by atoms with Crippen LogP contribution in [0.4, 0.5) is 0 Å². The largest absolute Gasteiger partial charge is 0.462 e. The van der Waals surface area contributed by atoms with E-state index in [1.165, 1.54) is 231 Å². The van der Waals surface area contributed by atoms with Crippen LogP contribution < -0.4 is 0 Å². The molecule has 0 spiro atoms. The predicted octanol–water partition coefficient (Wildman–Crippen LogP) is 20.3. The van der Waals surface area contributed by atoms with Crippen LogP contribution in [0, 0.1) is 0 Å². The highest BCUT2D eigenvalue weighted by atomic mass is 16.6. The first-order valence-corrected chi connectivity index (χ1v) is 30.3. The average Bonchev–Trinajstić information content (AvgIpc) is 3.34. The standard InChI is InChI=1S/C62H116O6/c1-4-7-10-13-16-19-22-25-28-29-30-31-32-33-35-37-40-43-46-49-52-55-61(64)67-58-59(57-66-60(63)54-51-48-45-42-39-36-27-24-21-18-15-12-9-6-3)68-62(65)56-53-50-47-44-41-38-34-26-23-20-17-14-11-8-5-2/h22,25,29-30,59H,4-21,23-24,26-28,31-58H2,1-3H3/b25-22-,30-29-. The fourth-order valence-corrected chi connectivity index (χ4v) is 9.12. The summed E-state index contributed by atoms with van der Waals surface area (Å²) in [4.78, 5) is 38.2. The molecule has 6 heteroatoms. The fraction of sp³-hybridized carbons (Fsp3) is 0.887. The van der Waals surface area contributed by atoms with Crippen molar-refractivity contribution in [2.75, 3.05) is 13.2 Å². The first kappa shape index (κ1) is 65.9. The number of hydrogen-bond donors (Lipinski definition) is 0. The summed E-state index contributed by atoms with van der Waals surface area (Å²) in [5, 5.41) is 0. The molecule has 0 aromatic heterocycles. The van der Waals surface area contributed by atoms with Crippen molar-refractivity contribution >= 4 is 17.9 Å². The summed E-state index contributed by atoms with van der Waals surface area (Å²) < 4.78 is 16.9. The zero-order valence-electron chi connectivity index (χ0n) is 45.9. The Morgan fingerprint density at radius 3 is 0.809 bits per heavy atom. The summed E-state index contributed by atoms with van der Waals surface area (Å²) in [7, 11) is 0. The molecule has 0 aromatic carbocycles. The van der Waals surface area contributed by atoms with Crippen molar-refractivity contribution in [3.8, 4) is 0 Å². The number of rotatable bonds is 56. The van der Waals surface area contributed by atoms with Gasteiger partial charge in [0.15, 0.2) is 6.10 Å². The minimum atomic E-state index is -0.768. The van der Waals surface area contributed by atoms with Gasteiger partial charge >= 0.3 is 17.9 Å². The van der Waals surface area contributed by atoms with E-state index in [4.69, 9.17) is 14.2 Å². The number of esters is 3. The predicted molar refractivity (Wildman–Crippen MR) is 293 cm³/mol. The summed E-state index contributed by atoms with van der Waals surface area (Å²) in [6.45, 7) is 6.68. The Morgan fingerprint density at radius 1 is 0.294 bits per heavy atom. The maximum absolute atomic E-state index is 12.9. The van der Waals surface area contributed by atoms with E-state index in [2.05, 4.69) is 45.1 Å².